The highest BCUT2D eigenvalue weighted by molar-refractivity contribution is 7.47. The summed E-state index contributed by atoms with van der Waals surface area (Å²) in [6, 6.07) is 0. The van der Waals surface area contributed by atoms with Crippen LogP contribution in [-0.4, -0.2) is 49.3 Å². The number of hydrogen-bond acceptors (Lipinski definition) is 8. The van der Waals surface area contributed by atoms with Crippen molar-refractivity contribution >= 4 is 19.8 Å². The van der Waals surface area contributed by atoms with Crippen molar-refractivity contribution in [3.63, 3.8) is 0 Å². The van der Waals surface area contributed by atoms with Crippen LogP contribution in [0.25, 0.3) is 0 Å². The van der Waals surface area contributed by atoms with Crippen LogP contribution >= 0.6 is 7.82 Å². The van der Waals surface area contributed by atoms with Crippen LogP contribution in [0.3, 0.4) is 0 Å². The summed E-state index contributed by atoms with van der Waals surface area (Å²) in [5.74, 6) is -0.795. The highest BCUT2D eigenvalue weighted by Gasteiger charge is 2.26. The molecule has 0 fully saturated rings. The predicted molar refractivity (Wildman–Crippen MR) is 368 cm³/mol. The maximum atomic E-state index is 12.8. The fourth-order valence-corrected chi connectivity index (χ4v) is 13.1. The van der Waals surface area contributed by atoms with Crippen LogP contribution in [0.4, 0.5) is 0 Å². The number of phosphoric acid groups is 1. The number of hydrogen-bond donors (Lipinski definition) is 2. The first kappa shape index (κ1) is 84.0. The molecule has 0 aliphatic carbocycles. The van der Waals surface area contributed by atoms with Gasteiger partial charge in [-0.1, -0.05) is 412 Å². The molecule has 2 atom stereocenters. The molecule has 0 amide bonds. The van der Waals surface area contributed by atoms with Crippen molar-refractivity contribution in [3.8, 4) is 0 Å². The van der Waals surface area contributed by atoms with Gasteiger partial charge in [0.25, 0.3) is 0 Å². The van der Waals surface area contributed by atoms with Crippen molar-refractivity contribution in [1.82, 2.24) is 0 Å². The van der Waals surface area contributed by atoms with Gasteiger partial charge in [0.1, 0.15) is 6.61 Å². The average molecular weight is 1220 g/mol. The van der Waals surface area contributed by atoms with Crippen molar-refractivity contribution in [3.05, 3.63) is 0 Å². The Balaban J connectivity index is 3.74. The molecule has 0 aromatic carbocycles. The molecule has 85 heavy (non-hydrogen) atoms. The average Bonchev–Trinajstić information content (AvgIpc) is 3.52. The Kier molecular flexibility index (Phi) is 71.2. The second-order valence-corrected chi connectivity index (χ2v) is 28.1. The van der Waals surface area contributed by atoms with E-state index in [1.807, 2.05) is 0 Å². The summed E-state index contributed by atoms with van der Waals surface area (Å²) in [5.41, 5.74) is 5.41. The second-order valence-electron chi connectivity index (χ2n) is 26.6. The molecule has 0 radical (unpaired) electrons. The summed E-state index contributed by atoms with van der Waals surface area (Å²) in [4.78, 5) is 35.4. The van der Waals surface area contributed by atoms with Gasteiger partial charge < -0.3 is 20.1 Å². The molecule has 9 nitrogen and oxygen atoms in total. The van der Waals surface area contributed by atoms with E-state index in [1.165, 1.54) is 372 Å². The molecule has 0 aromatic heterocycles. The molecule has 0 saturated carbocycles. The van der Waals surface area contributed by atoms with E-state index in [9.17, 15) is 19.0 Å². The van der Waals surface area contributed by atoms with E-state index < -0.39 is 26.5 Å². The molecule has 0 heterocycles. The van der Waals surface area contributed by atoms with Crippen molar-refractivity contribution < 1.29 is 37.6 Å². The largest absolute Gasteiger partial charge is 0.472 e. The summed E-state index contributed by atoms with van der Waals surface area (Å²) in [5, 5.41) is 0. The van der Waals surface area contributed by atoms with Gasteiger partial charge in [0.2, 0.25) is 0 Å². The third-order valence-corrected chi connectivity index (χ3v) is 19.0. The van der Waals surface area contributed by atoms with Gasteiger partial charge in [0, 0.05) is 19.4 Å². The summed E-state index contributed by atoms with van der Waals surface area (Å²) < 4.78 is 33.3. The Hall–Kier alpha value is -0.990. The van der Waals surface area contributed by atoms with Gasteiger partial charge in [-0.15, -0.1) is 0 Å². The number of nitrogens with two attached hydrogens (primary N) is 1. The first-order valence-corrected chi connectivity index (χ1v) is 40.0. The van der Waals surface area contributed by atoms with Crippen LogP contribution in [0.2, 0.25) is 0 Å². The van der Waals surface area contributed by atoms with E-state index >= 15 is 0 Å². The van der Waals surface area contributed by atoms with Crippen LogP contribution in [0.1, 0.15) is 438 Å². The molecule has 0 saturated heterocycles. The lowest BCUT2D eigenvalue weighted by Gasteiger charge is -2.19. The van der Waals surface area contributed by atoms with Crippen LogP contribution < -0.4 is 5.73 Å². The van der Waals surface area contributed by atoms with E-state index in [1.54, 1.807) is 0 Å². The molecule has 0 spiro atoms. The monoisotopic (exact) mass is 1220 g/mol. The molecule has 0 bridgehead atoms. The number of phosphoric ester groups is 1. The highest BCUT2D eigenvalue weighted by Crippen LogP contribution is 2.43. The van der Waals surface area contributed by atoms with E-state index in [4.69, 9.17) is 24.3 Å². The number of carbonyl (C=O) groups excluding carboxylic acids is 2. The zero-order valence-corrected chi connectivity index (χ0v) is 58.3. The molecule has 508 valence electrons. The first-order chi connectivity index (χ1) is 41.8. The third kappa shape index (κ3) is 72.0. The van der Waals surface area contributed by atoms with Crippen LogP contribution in [0.5, 0.6) is 0 Å². The van der Waals surface area contributed by atoms with E-state index in [-0.39, 0.29) is 32.1 Å². The van der Waals surface area contributed by atoms with Crippen molar-refractivity contribution in [1.29, 1.82) is 0 Å². The van der Waals surface area contributed by atoms with E-state index in [0.29, 0.717) is 12.8 Å². The Labute approximate surface area is 530 Å². The normalized spacial score (nSPS) is 12.8. The minimum atomic E-state index is -4.39. The SMILES string of the molecule is CCCCCCCCCCCCCCCCCCCCCCCCCCCCCCCCCCCCC(=O)OC(COC(=O)CCCCCCCCCCCCCCCCCCCCCCCCCCCCCCCC)COP(=O)(O)OCCN. The molecule has 3 N–H and O–H groups in total. The minimum Gasteiger partial charge on any atom is -0.462 e. The fraction of sp³-hybridized carbons (Fsp3) is 0.973. The summed E-state index contributed by atoms with van der Waals surface area (Å²) >= 11 is 0. The summed E-state index contributed by atoms with van der Waals surface area (Å²) in [6.07, 6.45) is 86.7. The van der Waals surface area contributed by atoms with E-state index in [0.717, 1.165) is 32.1 Å². The molecular formula is C75H150NO8P. The maximum Gasteiger partial charge on any atom is 0.472 e. The quantitative estimate of drug-likeness (QED) is 0.0347. The van der Waals surface area contributed by atoms with Gasteiger partial charge in [0.15, 0.2) is 6.10 Å². The second kappa shape index (κ2) is 72.1. The fourth-order valence-electron chi connectivity index (χ4n) is 12.3. The van der Waals surface area contributed by atoms with Crippen molar-refractivity contribution in [2.45, 2.75) is 444 Å². The standard InChI is InChI=1S/C75H150NO8P/c1-3-5-7-9-11-13-15-17-19-21-23-25-27-29-31-33-35-36-37-38-40-42-44-46-48-50-52-54-56-58-60-62-64-66-68-75(78)84-73(72-83-85(79,80)82-70-69-76)71-81-74(77)67-65-63-61-59-57-55-53-51-49-47-45-43-41-39-34-32-30-28-26-24-22-20-18-16-14-12-10-8-6-4-2/h73H,3-72,76H2,1-2H3,(H,79,80). The number of unbranched alkanes of at least 4 members (excludes halogenated alkanes) is 62. The molecular weight excluding hydrogens is 1070 g/mol. The topological polar surface area (TPSA) is 134 Å². The lowest BCUT2D eigenvalue weighted by atomic mass is 10.0. The van der Waals surface area contributed by atoms with Crippen LogP contribution in [0.15, 0.2) is 0 Å². The zero-order chi connectivity index (χ0) is 61.6. The van der Waals surface area contributed by atoms with Gasteiger partial charge in [-0.25, -0.2) is 4.57 Å². The van der Waals surface area contributed by atoms with Crippen molar-refractivity contribution in [2.75, 3.05) is 26.4 Å². The lowest BCUT2D eigenvalue weighted by molar-refractivity contribution is -0.161. The van der Waals surface area contributed by atoms with Crippen molar-refractivity contribution in [2.24, 2.45) is 5.73 Å². The summed E-state index contributed by atoms with van der Waals surface area (Å²) in [7, 11) is -4.39. The van der Waals surface area contributed by atoms with Gasteiger partial charge in [-0.05, 0) is 12.8 Å². The third-order valence-electron chi connectivity index (χ3n) is 18.0. The van der Waals surface area contributed by atoms with Gasteiger partial charge in [0.05, 0.1) is 13.2 Å². The lowest BCUT2D eigenvalue weighted by Crippen LogP contribution is -2.29. The van der Waals surface area contributed by atoms with Crippen LogP contribution in [0, 0.1) is 0 Å². The van der Waals surface area contributed by atoms with Crippen LogP contribution in [-0.2, 0) is 32.7 Å². The number of rotatable bonds is 75. The van der Waals surface area contributed by atoms with Gasteiger partial charge in [-0.2, -0.15) is 0 Å². The van der Waals surface area contributed by atoms with Gasteiger partial charge in [-0.3, -0.25) is 18.6 Å². The minimum absolute atomic E-state index is 0.0589. The number of carbonyl (C=O) groups is 2. The maximum absolute atomic E-state index is 12.8. The number of esters is 2. The Morgan fingerprint density at radius 1 is 0.306 bits per heavy atom. The summed E-state index contributed by atoms with van der Waals surface area (Å²) in [6.45, 7) is 3.86. The molecule has 0 aromatic rings. The smallest absolute Gasteiger partial charge is 0.462 e. The Bertz CT molecular complexity index is 1350. The molecule has 0 rings (SSSR count). The highest BCUT2D eigenvalue weighted by atomic mass is 31.2. The van der Waals surface area contributed by atoms with Gasteiger partial charge >= 0.3 is 19.8 Å². The predicted octanol–water partition coefficient (Wildman–Crippen LogP) is 25.3. The molecule has 0 aliphatic heterocycles. The first-order valence-electron chi connectivity index (χ1n) is 38.5. The number of ether oxygens (including phenoxy) is 2. The zero-order valence-electron chi connectivity index (χ0n) is 57.4. The van der Waals surface area contributed by atoms with E-state index in [2.05, 4.69) is 13.8 Å². The molecule has 0 aliphatic rings. The molecule has 2 unspecified atom stereocenters. The Morgan fingerprint density at radius 3 is 0.718 bits per heavy atom. The molecule has 10 heteroatoms. The Morgan fingerprint density at radius 2 is 0.506 bits per heavy atom.